The fourth-order valence-corrected chi connectivity index (χ4v) is 2.00. The summed E-state index contributed by atoms with van der Waals surface area (Å²) in [6.45, 7) is 0.129. The number of carbonyl (C=O) groups is 2. The molecule has 0 saturated carbocycles. The highest BCUT2D eigenvalue weighted by atomic mass is 16.6. The van der Waals surface area contributed by atoms with Gasteiger partial charge < -0.3 is 9.47 Å². The van der Waals surface area contributed by atoms with Crippen molar-refractivity contribution in [3.63, 3.8) is 0 Å². The molecular formula is C13H15NO4. The molecule has 1 unspecified atom stereocenters. The monoisotopic (exact) mass is 249 g/mol. The predicted molar refractivity (Wildman–Crippen MR) is 64.0 cm³/mol. The van der Waals surface area contributed by atoms with E-state index in [1.54, 1.807) is 0 Å². The molecule has 5 nitrogen and oxygen atoms in total. The van der Waals surface area contributed by atoms with E-state index in [1.807, 2.05) is 30.3 Å². The van der Waals surface area contributed by atoms with Crippen molar-refractivity contribution in [1.82, 2.24) is 4.90 Å². The lowest BCUT2D eigenvalue weighted by molar-refractivity contribution is -0.133. The molecule has 1 atom stereocenters. The van der Waals surface area contributed by atoms with E-state index in [4.69, 9.17) is 9.47 Å². The molecule has 0 bridgehead atoms. The van der Waals surface area contributed by atoms with Crippen molar-refractivity contribution < 1.29 is 19.1 Å². The summed E-state index contributed by atoms with van der Waals surface area (Å²) in [6, 6.07) is 9.45. The average molecular weight is 249 g/mol. The van der Waals surface area contributed by atoms with Gasteiger partial charge in [-0.2, -0.15) is 0 Å². The molecule has 1 heterocycles. The molecule has 5 heteroatoms. The first kappa shape index (κ1) is 12.6. The predicted octanol–water partition coefficient (Wildman–Crippen LogP) is 1.22. The number of ether oxygens (including phenoxy) is 2. The van der Waals surface area contributed by atoms with Crippen LogP contribution in [0.3, 0.4) is 0 Å². The topological polar surface area (TPSA) is 55.8 Å². The minimum atomic E-state index is -0.585. The second-order valence-corrected chi connectivity index (χ2v) is 4.12. The second-order valence-electron chi connectivity index (χ2n) is 4.12. The third-order valence-corrected chi connectivity index (χ3v) is 2.81. The lowest BCUT2D eigenvalue weighted by atomic mass is 10.1. The summed E-state index contributed by atoms with van der Waals surface area (Å²) in [5.41, 5.74) is 1.07. The van der Waals surface area contributed by atoms with E-state index in [1.165, 1.54) is 7.11 Å². The molecule has 1 aromatic rings. The van der Waals surface area contributed by atoms with E-state index >= 15 is 0 Å². The van der Waals surface area contributed by atoms with Gasteiger partial charge in [-0.3, -0.25) is 4.79 Å². The van der Waals surface area contributed by atoms with Crippen LogP contribution >= 0.6 is 0 Å². The third-order valence-electron chi connectivity index (χ3n) is 2.81. The second kappa shape index (κ2) is 5.64. The molecule has 2 rings (SSSR count). The van der Waals surface area contributed by atoms with Crippen LogP contribution in [-0.4, -0.2) is 43.3 Å². The molecule has 0 radical (unpaired) electrons. The first-order valence-corrected chi connectivity index (χ1v) is 5.74. The summed E-state index contributed by atoms with van der Waals surface area (Å²) in [6.07, 6.45) is 0.0140. The summed E-state index contributed by atoms with van der Waals surface area (Å²) in [5, 5.41) is 0. The van der Waals surface area contributed by atoms with Gasteiger partial charge in [-0.25, -0.2) is 9.69 Å². The van der Waals surface area contributed by atoms with Crippen LogP contribution in [0.2, 0.25) is 0 Å². The van der Waals surface area contributed by atoms with Gasteiger partial charge in [0.05, 0.1) is 6.04 Å². The summed E-state index contributed by atoms with van der Waals surface area (Å²) >= 11 is 0. The molecule has 0 N–H and O–H groups in total. The standard InChI is InChI=1S/C13H15NO4/c1-17-9-12(15)14-11(8-18-13(14)16)7-10-5-3-2-4-6-10/h2-6,11H,7-9H2,1H3. The highest BCUT2D eigenvalue weighted by molar-refractivity contribution is 5.94. The largest absolute Gasteiger partial charge is 0.447 e. The number of hydrogen-bond acceptors (Lipinski definition) is 4. The van der Waals surface area contributed by atoms with Crippen molar-refractivity contribution in [2.45, 2.75) is 12.5 Å². The van der Waals surface area contributed by atoms with Gasteiger partial charge in [-0.1, -0.05) is 30.3 Å². The van der Waals surface area contributed by atoms with Crippen LogP contribution in [0, 0.1) is 0 Å². The summed E-state index contributed by atoms with van der Waals surface area (Å²) in [5.74, 6) is -0.360. The van der Waals surface area contributed by atoms with Gasteiger partial charge in [-0.15, -0.1) is 0 Å². The fraction of sp³-hybridized carbons (Fsp3) is 0.385. The Labute approximate surface area is 105 Å². The van der Waals surface area contributed by atoms with Crippen LogP contribution in [-0.2, 0) is 20.7 Å². The Bertz CT molecular complexity index is 432. The number of methoxy groups -OCH3 is 1. The molecule has 1 aliphatic rings. The van der Waals surface area contributed by atoms with Gasteiger partial charge in [0.15, 0.2) is 0 Å². The van der Waals surface area contributed by atoms with E-state index in [0.717, 1.165) is 10.5 Å². The van der Waals surface area contributed by atoms with Gasteiger partial charge in [0, 0.05) is 7.11 Å². The summed E-state index contributed by atoms with van der Waals surface area (Å²) in [4.78, 5) is 24.4. The normalized spacial score (nSPS) is 18.8. The van der Waals surface area contributed by atoms with E-state index in [0.29, 0.717) is 6.42 Å². The van der Waals surface area contributed by atoms with Crippen LogP contribution in [0.25, 0.3) is 0 Å². The van der Waals surface area contributed by atoms with Crippen molar-refractivity contribution in [2.24, 2.45) is 0 Å². The smallest absolute Gasteiger partial charge is 0.417 e. The number of rotatable bonds is 4. The third kappa shape index (κ3) is 2.68. The Morgan fingerprint density at radius 2 is 2.17 bits per heavy atom. The molecule has 1 aromatic carbocycles. The molecule has 1 aliphatic heterocycles. The number of benzene rings is 1. The first-order valence-electron chi connectivity index (χ1n) is 5.74. The van der Waals surface area contributed by atoms with Crippen molar-refractivity contribution in [3.8, 4) is 0 Å². The Hall–Kier alpha value is -1.88. The quantitative estimate of drug-likeness (QED) is 0.805. The molecule has 96 valence electrons. The van der Waals surface area contributed by atoms with Crippen molar-refractivity contribution >= 4 is 12.0 Å². The van der Waals surface area contributed by atoms with E-state index in [2.05, 4.69) is 0 Å². The minimum absolute atomic E-state index is 0.111. The van der Waals surface area contributed by atoms with Crippen LogP contribution < -0.4 is 0 Å². The van der Waals surface area contributed by atoms with Gasteiger partial charge in [0.1, 0.15) is 13.2 Å². The molecule has 0 spiro atoms. The lowest BCUT2D eigenvalue weighted by Crippen LogP contribution is -2.42. The zero-order valence-electron chi connectivity index (χ0n) is 10.2. The molecule has 1 saturated heterocycles. The number of carbonyl (C=O) groups excluding carboxylic acids is 2. The maximum Gasteiger partial charge on any atom is 0.417 e. The van der Waals surface area contributed by atoms with E-state index < -0.39 is 6.09 Å². The zero-order valence-corrected chi connectivity index (χ0v) is 10.2. The van der Waals surface area contributed by atoms with Crippen molar-refractivity contribution in [1.29, 1.82) is 0 Å². The van der Waals surface area contributed by atoms with Gasteiger partial charge in [-0.05, 0) is 12.0 Å². The lowest BCUT2D eigenvalue weighted by Gasteiger charge is -2.19. The van der Waals surface area contributed by atoms with Crippen LogP contribution in [0.15, 0.2) is 30.3 Å². The zero-order chi connectivity index (χ0) is 13.0. The average Bonchev–Trinajstić information content (AvgIpc) is 2.72. The minimum Gasteiger partial charge on any atom is -0.447 e. The number of nitrogens with zero attached hydrogens (tertiary/aromatic N) is 1. The van der Waals surface area contributed by atoms with E-state index in [9.17, 15) is 9.59 Å². The maximum absolute atomic E-state index is 11.8. The Morgan fingerprint density at radius 3 is 2.83 bits per heavy atom. The number of hydrogen-bond donors (Lipinski definition) is 0. The number of cyclic esters (lactones) is 1. The molecule has 0 aromatic heterocycles. The molecule has 1 fully saturated rings. The van der Waals surface area contributed by atoms with Crippen LogP contribution in [0.4, 0.5) is 4.79 Å². The number of amides is 2. The Kier molecular flexibility index (Phi) is 3.94. The van der Waals surface area contributed by atoms with Crippen molar-refractivity contribution in [3.05, 3.63) is 35.9 Å². The number of imide groups is 1. The van der Waals surface area contributed by atoms with Crippen molar-refractivity contribution in [2.75, 3.05) is 20.3 Å². The molecule has 0 aliphatic carbocycles. The van der Waals surface area contributed by atoms with Gasteiger partial charge in [0.2, 0.25) is 0 Å². The van der Waals surface area contributed by atoms with Gasteiger partial charge in [0.25, 0.3) is 5.91 Å². The maximum atomic E-state index is 11.8. The summed E-state index contributed by atoms with van der Waals surface area (Å²) < 4.78 is 9.69. The Balaban J connectivity index is 2.07. The fourth-order valence-electron chi connectivity index (χ4n) is 2.00. The highest BCUT2D eigenvalue weighted by Crippen LogP contribution is 2.17. The SMILES string of the molecule is COCC(=O)N1C(=O)OCC1Cc1ccccc1. The molecule has 18 heavy (non-hydrogen) atoms. The summed E-state index contributed by atoms with van der Waals surface area (Å²) in [7, 11) is 1.42. The van der Waals surface area contributed by atoms with Gasteiger partial charge >= 0.3 is 6.09 Å². The first-order chi connectivity index (χ1) is 8.72. The van der Waals surface area contributed by atoms with Crippen LogP contribution in [0.5, 0.6) is 0 Å². The Morgan fingerprint density at radius 1 is 1.44 bits per heavy atom. The van der Waals surface area contributed by atoms with Crippen LogP contribution in [0.1, 0.15) is 5.56 Å². The highest BCUT2D eigenvalue weighted by Gasteiger charge is 2.37. The van der Waals surface area contributed by atoms with E-state index in [-0.39, 0.29) is 25.2 Å². The molecule has 2 amide bonds. The molecular weight excluding hydrogens is 234 g/mol.